The smallest absolute Gasteiger partial charge is 0.0825 e. The number of thiocarbonyl (C=S) groups is 1. The van der Waals surface area contributed by atoms with E-state index in [0.29, 0.717) is 0 Å². The molecule has 0 N–H and O–H groups in total. The molecule has 21 heavy (non-hydrogen) atoms. The molecule has 2 aliphatic rings. The zero-order valence-corrected chi connectivity index (χ0v) is 13.4. The Kier molecular flexibility index (Phi) is 5.09. The van der Waals surface area contributed by atoms with Crippen LogP contribution in [0.25, 0.3) is 0 Å². The van der Waals surface area contributed by atoms with Crippen molar-refractivity contribution in [3.8, 4) is 0 Å². The van der Waals surface area contributed by atoms with Crippen LogP contribution in [-0.2, 0) is 11.2 Å². The molecule has 114 valence electrons. The molecule has 0 amide bonds. The van der Waals surface area contributed by atoms with Crippen LogP contribution in [0.3, 0.4) is 0 Å². The first-order chi connectivity index (χ1) is 10.3. The second-order valence-electron chi connectivity index (χ2n) is 5.88. The quantitative estimate of drug-likeness (QED) is 0.798. The molecular formula is C17H24N2OS. The number of rotatable bonds is 3. The van der Waals surface area contributed by atoms with E-state index >= 15 is 0 Å². The van der Waals surface area contributed by atoms with E-state index in [1.54, 1.807) is 0 Å². The monoisotopic (exact) mass is 304 g/mol. The fraction of sp³-hybridized carbons (Fsp3) is 0.588. The zero-order chi connectivity index (χ0) is 14.5. The minimum atomic E-state index is 0.800. The first kappa shape index (κ1) is 14.8. The molecule has 0 radical (unpaired) electrons. The van der Waals surface area contributed by atoms with Crippen LogP contribution in [0.15, 0.2) is 24.3 Å². The largest absolute Gasteiger partial charge is 0.378 e. The van der Waals surface area contributed by atoms with Gasteiger partial charge in [0.05, 0.1) is 18.2 Å². The molecule has 0 aromatic heterocycles. The predicted octanol–water partition coefficient (Wildman–Crippen LogP) is 2.88. The average molecular weight is 304 g/mol. The van der Waals surface area contributed by atoms with Gasteiger partial charge in [0, 0.05) is 38.3 Å². The highest BCUT2D eigenvalue weighted by molar-refractivity contribution is 7.80. The zero-order valence-electron chi connectivity index (χ0n) is 12.6. The van der Waals surface area contributed by atoms with Crippen LogP contribution in [0.1, 0.15) is 24.8 Å². The molecule has 2 aliphatic heterocycles. The summed E-state index contributed by atoms with van der Waals surface area (Å²) >= 11 is 5.57. The number of hydrogen-bond acceptors (Lipinski definition) is 3. The van der Waals surface area contributed by atoms with Crippen LogP contribution in [-0.4, -0.2) is 49.3 Å². The van der Waals surface area contributed by atoms with Gasteiger partial charge in [-0.1, -0.05) is 24.4 Å². The van der Waals surface area contributed by atoms with E-state index in [0.717, 1.165) is 37.7 Å². The Morgan fingerprint density at radius 1 is 0.952 bits per heavy atom. The third kappa shape index (κ3) is 3.95. The lowest BCUT2D eigenvalue weighted by Gasteiger charge is -2.30. The van der Waals surface area contributed by atoms with Crippen molar-refractivity contribution >= 4 is 22.9 Å². The Balaban J connectivity index is 1.57. The summed E-state index contributed by atoms with van der Waals surface area (Å²) in [6.07, 6.45) is 4.89. The van der Waals surface area contributed by atoms with Crippen molar-refractivity contribution in [2.24, 2.45) is 0 Å². The lowest BCUT2D eigenvalue weighted by Crippen LogP contribution is -2.40. The van der Waals surface area contributed by atoms with Gasteiger partial charge in [0.2, 0.25) is 0 Å². The molecule has 0 spiro atoms. The van der Waals surface area contributed by atoms with Crippen molar-refractivity contribution in [3.63, 3.8) is 0 Å². The van der Waals surface area contributed by atoms with Crippen molar-refractivity contribution in [1.82, 2.24) is 4.90 Å². The molecule has 2 saturated heterocycles. The molecule has 1 aromatic carbocycles. The predicted molar refractivity (Wildman–Crippen MR) is 91.2 cm³/mol. The first-order valence-corrected chi connectivity index (χ1v) is 8.43. The van der Waals surface area contributed by atoms with E-state index in [1.807, 2.05) is 0 Å². The third-order valence-electron chi connectivity index (χ3n) is 4.38. The summed E-state index contributed by atoms with van der Waals surface area (Å²) in [5, 5.41) is 0. The Hall–Kier alpha value is -1.13. The molecule has 3 rings (SSSR count). The number of hydrogen-bond donors (Lipinski definition) is 0. The molecule has 4 heteroatoms. The van der Waals surface area contributed by atoms with Gasteiger partial charge in [0.1, 0.15) is 0 Å². The topological polar surface area (TPSA) is 15.7 Å². The van der Waals surface area contributed by atoms with Crippen LogP contribution in [0.2, 0.25) is 0 Å². The molecular weight excluding hydrogens is 280 g/mol. The van der Waals surface area contributed by atoms with E-state index in [4.69, 9.17) is 17.0 Å². The van der Waals surface area contributed by atoms with E-state index in [2.05, 4.69) is 34.1 Å². The number of morpholine rings is 1. The average Bonchev–Trinajstić information content (AvgIpc) is 2.57. The Morgan fingerprint density at radius 2 is 1.62 bits per heavy atom. The van der Waals surface area contributed by atoms with Crippen LogP contribution < -0.4 is 4.90 Å². The Bertz CT molecular complexity index is 462. The van der Waals surface area contributed by atoms with Crippen molar-refractivity contribution in [3.05, 3.63) is 29.8 Å². The SMILES string of the molecule is S=C(Cc1ccc(N2CCCCC2)cc1)N1CCOCC1. The standard InChI is InChI=1S/C17H24N2OS/c21-17(19-10-12-20-13-11-19)14-15-4-6-16(7-5-15)18-8-2-1-3-9-18/h4-7H,1-3,8-14H2. The molecule has 0 unspecified atom stereocenters. The molecule has 2 heterocycles. The van der Waals surface area contributed by atoms with Gasteiger partial charge in [-0.05, 0) is 37.0 Å². The second-order valence-corrected chi connectivity index (χ2v) is 6.36. The highest BCUT2D eigenvalue weighted by atomic mass is 32.1. The summed E-state index contributed by atoms with van der Waals surface area (Å²) in [5.74, 6) is 0. The maximum absolute atomic E-state index is 5.57. The lowest BCUT2D eigenvalue weighted by atomic mass is 10.1. The van der Waals surface area contributed by atoms with Gasteiger partial charge in [-0.15, -0.1) is 0 Å². The first-order valence-electron chi connectivity index (χ1n) is 8.02. The third-order valence-corrected chi connectivity index (χ3v) is 4.78. The molecule has 0 atom stereocenters. The van der Waals surface area contributed by atoms with Crippen molar-refractivity contribution in [2.75, 3.05) is 44.3 Å². The summed E-state index contributed by atoms with van der Waals surface area (Å²) < 4.78 is 5.38. The number of piperidine rings is 1. The fourth-order valence-electron chi connectivity index (χ4n) is 3.08. The van der Waals surface area contributed by atoms with Crippen LogP contribution in [0.4, 0.5) is 5.69 Å². The minimum absolute atomic E-state index is 0.800. The second kappa shape index (κ2) is 7.23. The number of benzene rings is 1. The summed E-state index contributed by atoms with van der Waals surface area (Å²) in [4.78, 5) is 5.81. The summed E-state index contributed by atoms with van der Waals surface area (Å²) in [6, 6.07) is 8.97. The maximum atomic E-state index is 5.57. The molecule has 0 aliphatic carbocycles. The number of nitrogens with zero attached hydrogens (tertiary/aromatic N) is 2. The van der Waals surface area contributed by atoms with Crippen LogP contribution in [0, 0.1) is 0 Å². The summed E-state index contributed by atoms with van der Waals surface area (Å²) in [7, 11) is 0. The van der Waals surface area contributed by atoms with Gasteiger partial charge in [0.15, 0.2) is 0 Å². The van der Waals surface area contributed by atoms with Gasteiger partial charge in [-0.25, -0.2) is 0 Å². The van der Waals surface area contributed by atoms with Gasteiger partial charge >= 0.3 is 0 Å². The van der Waals surface area contributed by atoms with Gasteiger partial charge in [0.25, 0.3) is 0 Å². The number of anilines is 1. The van der Waals surface area contributed by atoms with Crippen molar-refractivity contribution < 1.29 is 4.74 Å². The Morgan fingerprint density at radius 3 is 2.29 bits per heavy atom. The van der Waals surface area contributed by atoms with E-state index in [9.17, 15) is 0 Å². The van der Waals surface area contributed by atoms with Gasteiger partial charge < -0.3 is 14.5 Å². The Labute approximate surface area is 132 Å². The summed E-state index contributed by atoms with van der Waals surface area (Å²) in [6.45, 7) is 5.87. The van der Waals surface area contributed by atoms with Crippen LogP contribution >= 0.6 is 12.2 Å². The van der Waals surface area contributed by atoms with E-state index in [-0.39, 0.29) is 0 Å². The normalized spacial score (nSPS) is 19.6. The van der Waals surface area contributed by atoms with Crippen molar-refractivity contribution in [2.45, 2.75) is 25.7 Å². The molecule has 0 saturated carbocycles. The van der Waals surface area contributed by atoms with Crippen LogP contribution in [0.5, 0.6) is 0 Å². The highest BCUT2D eigenvalue weighted by Gasteiger charge is 2.14. The summed E-state index contributed by atoms with van der Waals surface area (Å²) in [5.41, 5.74) is 2.67. The lowest BCUT2D eigenvalue weighted by molar-refractivity contribution is 0.0685. The van der Waals surface area contributed by atoms with Gasteiger partial charge in [-0.3, -0.25) is 0 Å². The van der Waals surface area contributed by atoms with Crippen molar-refractivity contribution in [1.29, 1.82) is 0 Å². The molecule has 0 bridgehead atoms. The molecule has 3 nitrogen and oxygen atoms in total. The molecule has 1 aromatic rings. The highest BCUT2D eigenvalue weighted by Crippen LogP contribution is 2.20. The maximum Gasteiger partial charge on any atom is 0.0825 e. The molecule has 2 fully saturated rings. The van der Waals surface area contributed by atoms with Gasteiger partial charge in [-0.2, -0.15) is 0 Å². The number of ether oxygens (including phenoxy) is 1. The fourth-order valence-corrected chi connectivity index (χ4v) is 3.43. The minimum Gasteiger partial charge on any atom is -0.378 e. The van der Waals surface area contributed by atoms with E-state index < -0.39 is 0 Å². The van der Waals surface area contributed by atoms with E-state index in [1.165, 1.54) is 43.6 Å².